The van der Waals surface area contributed by atoms with Gasteiger partial charge in [-0.2, -0.15) is 0 Å². The van der Waals surface area contributed by atoms with E-state index < -0.39 is 23.8 Å². The van der Waals surface area contributed by atoms with Crippen molar-refractivity contribution in [3.8, 4) is 0 Å². The molecule has 1 aromatic heterocycles. The van der Waals surface area contributed by atoms with Crippen LogP contribution in [0.5, 0.6) is 0 Å². The Morgan fingerprint density at radius 1 is 1.23 bits per heavy atom. The summed E-state index contributed by atoms with van der Waals surface area (Å²) >= 11 is 1.36. The number of aliphatic carboxylic acids is 1. The lowest BCUT2D eigenvalue weighted by atomic mass is 9.82. The monoisotopic (exact) mass is 377 g/mol. The molecule has 0 saturated heterocycles. The van der Waals surface area contributed by atoms with Crippen molar-refractivity contribution in [1.82, 2.24) is 0 Å². The maximum absolute atomic E-state index is 12.9. The Balaban J connectivity index is 1.83. The summed E-state index contributed by atoms with van der Waals surface area (Å²) in [7, 11) is 0. The van der Waals surface area contributed by atoms with Crippen molar-refractivity contribution in [2.24, 2.45) is 23.7 Å². The molecule has 4 atom stereocenters. The summed E-state index contributed by atoms with van der Waals surface area (Å²) in [6, 6.07) is 1.76. The fourth-order valence-corrected chi connectivity index (χ4v) is 5.13. The molecule has 0 spiro atoms. The maximum atomic E-state index is 12.9. The van der Waals surface area contributed by atoms with Gasteiger partial charge >= 0.3 is 11.9 Å². The molecule has 1 amide bonds. The number of amides is 1. The molecule has 2 bridgehead atoms. The van der Waals surface area contributed by atoms with Crippen molar-refractivity contribution in [2.45, 2.75) is 33.1 Å². The Kier molecular flexibility index (Phi) is 5.46. The van der Waals surface area contributed by atoms with Crippen molar-refractivity contribution in [3.05, 3.63) is 28.7 Å². The molecule has 1 fully saturated rings. The number of carbonyl (C=O) groups is 3. The Morgan fingerprint density at radius 3 is 2.54 bits per heavy atom. The van der Waals surface area contributed by atoms with E-state index in [9.17, 15) is 19.5 Å². The fraction of sp³-hybridized carbons (Fsp3) is 0.526. The van der Waals surface area contributed by atoms with Crippen LogP contribution in [0.4, 0.5) is 5.00 Å². The first-order valence-electron chi connectivity index (χ1n) is 8.98. The minimum Gasteiger partial charge on any atom is -0.481 e. The van der Waals surface area contributed by atoms with Crippen LogP contribution in [0, 0.1) is 23.7 Å². The fourth-order valence-electron chi connectivity index (χ4n) is 3.98. The molecule has 1 aromatic rings. The van der Waals surface area contributed by atoms with Crippen LogP contribution in [0.15, 0.2) is 18.2 Å². The minimum absolute atomic E-state index is 0.0535. The van der Waals surface area contributed by atoms with Crippen molar-refractivity contribution in [2.75, 3.05) is 11.9 Å². The van der Waals surface area contributed by atoms with Gasteiger partial charge in [-0.1, -0.05) is 25.5 Å². The lowest BCUT2D eigenvalue weighted by Gasteiger charge is -2.23. The first-order chi connectivity index (χ1) is 12.5. The first-order valence-corrected chi connectivity index (χ1v) is 9.79. The smallest absolute Gasteiger partial charge is 0.341 e. The highest BCUT2D eigenvalue weighted by Crippen LogP contribution is 2.48. The van der Waals surface area contributed by atoms with E-state index in [2.05, 4.69) is 5.32 Å². The molecule has 7 heteroatoms. The number of nitrogens with one attached hydrogen (secondary N) is 1. The molecular formula is C19H23NO5S. The van der Waals surface area contributed by atoms with Gasteiger partial charge in [0.15, 0.2) is 0 Å². The molecule has 0 aromatic carbocycles. The van der Waals surface area contributed by atoms with Gasteiger partial charge in [0.05, 0.1) is 24.0 Å². The zero-order valence-corrected chi connectivity index (χ0v) is 15.7. The van der Waals surface area contributed by atoms with Crippen LogP contribution in [0.1, 0.15) is 41.9 Å². The average Bonchev–Trinajstić information content (AvgIpc) is 3.29. The molecule has 0 radical (unpaired) electrons. The number of carboxylic acids is 1. The Bertz CT molecular complexity index is 753. The maximum Gasteiger partial charge on any atom is 0.341 e. The van der Waals surface area contributed by atoms with E-state index >= 15 is 0 Å². The van der Waals surface area contributed by atoms with Crippen LogP contribution in [-0.2, 0) is 20.7 Å². The predicted molar refractivity (Wildman–Crippen MR) is 98.3 cm³/mol. The van der Waals surface area contributed by atoms with E-state index in [-0.39, 0.29) is 24.3 Å². The van der Waals surface area contributed by atoms with Gasteiger partial charge in [-0.05, 0) is 37.7 Å². The highest BCUT2D eigenvalue weighted by Gasteiger charge is 2.51. The van der Waals surface area contributed by atoms with Gasteiger partial charge in [0, 0.05) is 4.88 Å². The molecule has 0 aliphatic heterocycles. The third-order valence-corrected chi connectivity index (χ3v) is 6.17. The Morgan fingerprint density at radius 2 is 1.92 bits per heavy atom. The van der Waals surface area contributed by atoms with E-state index in [0.717, 1.165) is 17.7 Å². The lowest BCUT2D eigenvalue weighted by molar-refractivity contribution is -0.146. The average molecular weight is 377 g/mol. The van der Waals surface area contributed by atoms with Gasteiger partial charge in [-0.3, -0.25) is 9.59 Å². The second kappa shape index (κ2) is 7.61. The van der Waals surface area contributed by atoms with Gasteiger partial charge < -0.3 is 15.2 Å². The number of fused-ring (bicyclic) bond motifs is 2. The van der Waals surface area contributed by atoms with E-state index in [4.69, 9.17) is 4.74 Å². The van der Waals surface area contributed by atoms with E-state index in [1.54, 1.807) is 13.0 Å². The van der Waals surface area contributed by atoms with Crippen molar-refractivity contribution in [1.29, 1.82) is 0 Å². The number of thiophene rings is 1. The highest BCUT2D eigenvalue weighted by atomic mass is 32.1. The standard InChI is InChI=1S/C19H23NO5S/c1-3-5-12-9-13(19(24)25-4-2)17(26-12)20-16(21)14-10-6-7-11(8-10)15(14)18(22)23/h6-7,9-11,14-15H,3-5,8H2,1-2H3,(H,20,21)(H,22,23)/t10-,11+,14+,15-/m0/s1. The summed E-state index contributed by atoms with van der Waals surface area (Å²) in [5.41, 5.74) is 0.347. The zero-order chi connectivity index (χ0) is 18.8. The molecule has 1 heterocycles. The predicted octanol–water partition coefficient (Wildman–Crippen LogP) is 3.34. The van der Waals surface area contributed by atoms with Crippen LogP contribution < -0.4 is 5.32 Å². The summed E-state index contributed by atoms with van der Waals surface area (Å²) in [5.74, 6) is -3.18. The third kappa shape index (κ3) is 3.40. The number of allylic oxidation sites excluding steroid dienone is 2. The molecule has 140 valence electrons. The van der Waals surface area contributed by atoms with Gasteiger partial charge in [-0.25, -0.2) is 4.79 Å². The van der Waals surface area contributed by atoms with E-state index in [1.807, 2.05) is 19.1 Å². The number of hydrogen-bond acceptors (Lipinski definition) is 5. The minimum atomic E-state index is -0.939. The second-order valence-electron chi connectivity index (χ2n) is 6.75. The number of esters is 1. The van der Waals surface area contributed by atoms with Gasteiger partial charge in [-0.15, -0.1) is 11.3 Å². The largest absolute Gasteiger partial charge is 0.481 e. The lowest BCUT2D eigenvalue weighted by Crippen LogP contribution is -2.36. The number of carbonyl (C=O) groups excluding carboxylic acids is 2. The molecule has 0 unspecified atom stereocenters. The zero-order valence-electron chi connectivity index (χ0n) is 14.9. The van der Waals surface area contributed by atoms with Gasteiger partial charge in [0.25, 0.3) is 0 Å². The Labute approximate surface area is 156 Å². The normalized spacial score (nSPS) is 26.1. The summed E-state index contributed by atoms with van der Waals surface area (Å²) in [4.78, 5) is 37.7. The van der Waals surface area contributed by atoms with Gasteiger partial charge in [0.1, 0.15) is 5.00 Å². The van der Waals surface area contributed by atoms with Crippen molar-refractivity contribution >= 4 is 34.2 Å². The third-order valence-electron chi connectivity index (χ3n) is 5.06. The quantitative estimate of drug-likeness (QED) is 0.562. The van der Waals surface area contributed by atoms with E-state index in [1.165, 1.54) is 11.3 Å². The Hall–Kier alpha value is -2.15. The molecule has 1 saturated carbocycles. The van der Waals surface area contributed by atoms with E-state index in [0.29, 0.717) is 17.0 Å². The molecule has 2 aliphatic carbocycles. The number of hydrogen-bond donors (Lipinski definition) is 2. The highest BCUT2D eigenvalue weighted by molar-refractivity contribution is 7.16. The number of anilines is 1. The molecule has 3 rings (SSSR count). The SMILES string of the molecule is CCCc1cc(C(=O)OCC)c(NC(=O)[C@H]2[C@@H](C(=O)O)[C@@H]3C=C[C@H]2C3)s1. The molecule has 6 nitrogen and oxygen atoms in total. The number of ether oxygens (including phenoxy) is 1. The number of aryl methyl sites for hydroxylation is 1. The molecular weight excluding hydrogens is 354 g/mol. The number of rotatable bonds is 7. The van der Waals surface area contributed by atoms with Crippen molar-refractivity contribution < 1.29 is 24.2 Å². The van der Waals surface area contributed by atoms with Crippen LogP contribution in [0.25, 0.3) is 0 Å². The first kappa shape index (κ1) is 18.6. The van der Waals surface area contributed by atoms with Crippen LogP contribution >= 0.6 is 11.3 Å². The topological polar surface area (TPSA) is 92.7 Å². The van der Waals surface area contributed by atoms with Crippen molar-refractivity contribution in [3.63, 3.8) is 0 Å². The number of carboxylic acid groups (broad SMARTS) is 1. The van der Waals surface area contributed by atoms with Crippen LogP contribution in [-0.4, -0.2) is 29.6 Å². The molecule has 2 N–H and O–H groups in total. The summed E-state index contributed by atoms with van der Waals surface area (Å²) in [5, 5.41) is 12.8. The summed E-state index contributed by atoms with van der Waals surface area (Å²) in [6.07, 6.45) is 6.28. The molecule has 2 aliphatic rings. The summed E-state index contributed by atoms with van der Waals surface area (Å²) in [6.45, 7) is 4.03. The summed E-state index contributed by atoms with van der Waals surface area (Å²) < 4.78 is 5.09. The van der Waals surface area contributed by atoms with Crippen LogP contribution in [0.2, 0.25) is 0 Å². The molecule has 26 heavy (non-hydrogen) atoms. The second-order valence-corrected chi connectivity index (χ2v) is 7.89. The van der Waals surface area contributed by atoms with Crippen LogP contribution in [0.3, 0.4) is 0 Å². The van der Waals surface area contributed by atoms with Gasteiger partial charge in [0.2, 0.25) is 5.91 Å².